The van der Waals surface area contributed by atoms with E-state index >= 15 is 0 Å². The van der Waals surface area contributed by atoms with Crippen LogP contribution in [0.15, 0.2) is 24.3 Å². The standard InChI is InChI=1S/C11H12N6OS/c1-6(10-14-16-17-15-10)13-11(18)8-4-2-3-7(5-8)9(12)19/h2-6H,1H3,(H2,12,19)(H,13,18)(H,14,15,16,17). The van der Waals surface area contributed by atoms with E-state index < -0.39 is 0 Å². The first kappa shape index (κ1) is 13.1. The molecule has 0 bridgehead atoms. The molecule has 0 spiro atoms. The van der Waals surface area contributed by atoms with Crippen LogP contribution >= 0.6 is 12.2 Å². The fraction of sp³-hybridized carbons (Fsp3) is 0.182. The van der Waals surface area contributed by atoms with Crippen molar-refractivity contribution >= 4 is 23.1 Å². The van der Waals surface area contributed by atoms with Crippen LogP contribution in [-0.2, 0) is 0 Å². The summed E-state index contributed by atoms with van der Waals surface area (Å²) in [5.41, 5.74) is 6.65. The van der Waals surface area contributed by atoms with Gasteiger partial charge in [-0.2, -0.15) is 5.21 Å². The molecule has 7 nitrogen and oxygen atoms in total. The smallest absolute Gasteiger partial charge is 0.251 e. The van der Waals surface area contributed by atoms with Crippen molar-refractivity contribution in [2.45, 2.75) is 13.0 Å². The van der Waals surface area contributed by atoms with Gasteiger partial charge in [0.05, 0.1) is 6.04 Å². The summed E-state index contributed by atoms with van der Waals surface area (Å²) in [5, 5.41) is 16.1. The van der Waals surface area contributed by atoms with Crippen LogP contribution in [0.3, 0.4) is 0 Å². The predicted octanol–water partition coefficient (Wildman–Crippen LogP) is 0.325. The molecule has 19 heavy (non-hydrogen) atoms. The Morgan fingerprint density at radius 1 is 1.47 bits per heavy atom. The zero-order chi connectivity index (χ0) is 13.8. The molecule has 0 fully saturated rings. The Kier molecular flexibility index (Phi) is 3.81. The van der Waals surface area contributed by atoms with Crippen molar-refractivity contribution in [2.24, 2.45) is 5.73 Å². The molecule has 0 saturated carbocycles. The van der Waals surface area contributed by atoms with E-state index in [0.717, 1.165) is 0 Å². The number of H-pyrrole nitrogens is 1. The fourth-order valence-electron chi connectivity index (χ4n) is 1.51. The molecule has 0 aliphatic carbocycles. The number of tetrazole rings is 1. The Hall–Kier alpha value is -2.35. The van der Waals surface area contributed by atoms with Crippen LogP contribution in [0.25, 0.3) is 0 Å². The number of aromatic amines is 1. The summed E-state index contributed by atoms with van der Waals surface area (Å²) >= 11 is 4.87. The van der Waals surface area contributed by atoms with Crippen LogP contribution in [0, 0.1) is 0 Å². The van der Waals surface area contributed by atoms with E-state index in [9.17, 15) is 4.79 Å². The van der Waals surface area contributed by atoms with Crippen LogP contribution in [0.2, 0.25) is 0 Å². The number of hydrogen-bond acceptors (Lipinski definition) is 5. The highest BCUT2D eigenvalue weighted by atomic mass is 32.1. The Labute approximate surface area is 114 Å². The van der Waals surface area contributed by atoms with E-state index in [1.807, 2.05) is 0 Å². The number of hydrogen-bond donors (Lipinski definition) is 3. The van der Waals surface area contributed by atoms with Crippen LogP contribution in [0.4, 0.5) is 0 Å². The maximum atomic E-state index is 12.0. The SMILES string of the molecule is CC(NC(=O)c1cccc(C(N)=S)c1)c1nn[nH]n1. The number of thiocarbonyl (C=S) groups is 1. The molecule has 8 heteroatoms. The lowest BCUT2D eigenvalue weighted by Crippen LogP contribution is -2.27. The summed E-state index contributed by atoms with van der Waals surface area (Å²) in [5.74, 6) is 0.161. The summed E-state index contributed by atoms with van der Waals surface area (Å²) in [6.45, 7) is 1.76. The van der Waals surface area contributed by atoms with Crippen molar-refractivity contribution in [2.75, 3.05) is 0 Å². The van der Waals surface area contributed by atoms with Gasteiger partial charge in [-0.25, -0.2) is 0 Å². The molecule has 0 saturated heterocycles. The van der Waals surface area contributed by atoms with Gasteiger partial charge in [-0.15, -0.1) is 10.2 Å². The molecule has 1 aromatic carbocycles. The second-order valence-corrected chi connectivity index (χ2v) is 4.35. The first-order valence-corrected chi connectivity index (χ1v) is 5.93. The number of benzene rings is 1. The highest BCUT2D eigenvalue weighted by Crippen LogP contribution is 2.09. The monoisotopic (exact) mass is 276 g/mol. The molecule has 1 heterocycles. The van der Waals surface area contributed by atoms with Crippen LogP contribution in [0.1, 0.15) is 34.7 Å². The van der Waals surface area contributed by atoms with E-state index in [4.69, 9.17) is 18.0 Å². The first-order chi connectivity index (χ1) is 9.08. The van der Waals surface area contributed by atoms with Gasteiger partial charge in [-0.05, 0) is 19.1 Å². The molecule has 0 radical (unpaired) electrons. The van der Waals surface area contributed by atoms with Gasteiger partial charge in [0, 0.05) is 11.1 Å². The minimum atomic E-state index is -0.347. The molecule has 1 aromatic heterocycles. The summed E-state index contributed by atoms with van der Waals surface area (Å²) in [6.07, 6.45) is 0. The summed E-state index contributed by atoms with van der Waals surface area (Å²) < 4.78 is 0. The molecule has 1 atom stereocenters. The number of nitrogens with one attached hydrogen (secondary N) is 2. The second kappa shape index (κ2) is 5.53. The zero-order valence-electron chi connectivity index (χ0n) is 10.1. The number of carbonyl (C=O) groups excluding carboxylic acids is 1. The highest BCUT2D eigenvalue weighted by molar-refractivity contribution is 7.80. The molecular formula is C11H12N6OS. The normalized spacial score (nSPS) is 11.8. The first-order valence-electron chi connectivity index (χ1n) is 5.52. The van der Waals surface area contributed by atoms with E-state index in [0.29, 0.717) is 17.0 Å². The molecule has 1 unspecified atom stereocenters. The zero-order valence-corrected chi connectivity index (χ0v) is 10.9. The number of aromatic nitrogens is 4. The number of nitrogens with zero attached hydrogens (tertiary/aromatic N) is 3. The lowest BCUT2D eigenvalue weighted by molar-refractivity contribution is 0.0938. The average Bonchev–Trinajstić information content (AvgIpc) is 2.92. The third kappa shape index (κ3) is 3.10. The Balaban J connectivity index is 2.12. The van der Waals surface area contributed by atoms with Crippen molar-refractivity contribution in [3.8, 4) is 0 Å². The quantitative estimate of drug-likeness (QED) is 0.694. The molecule has 0 aliphatic rings. The van der Waals surface area contributed by atoms with Gasteiger partial charge in [0.2, 0.25) is 0 Å². The molecular weight excluding hydrogens is 264 g/mol. The molecule has 98 valence electrons. The van der Waals surface area contributed by atoms with Crippen LogP contribution in [0.5, 0.6) is 0 Å². The van der Waals surface area contributed by atoms with Gasteiger partial charge in [-0.3, -0.25) is 4.79 Å². The van der Waals surface area contributed by atoms with Gasteiger partial charge in [-0.1, -0.05) is 29.6 Å². The third-order valence-corrected chi connectivity index (χ3v) is 2.74. The molecule has 1 amide bonds. The Morgan fingerprint density at radius 2 is 2.21 bits per heavy atom. The third-order valence-electron chi connectivity index (χ3n) is 2.51. The van der Waals surface area contributed by atoms with Crippen LogP contribution in [-0.4, -0.2) is 31.5 Å². The molecule has 0 aliphatic heterocycles. The van der Waals surface area contributed by atoms with Gasteiger partial charge in [0.1, 0.15) is 4.99 Å². The maximum Gasteiger partial charge on any atom is 0.251 e. The fourth-order valence-corrected chi connectivity index (χ4v) is 1.64. The number of carbonyl (C=O) groups is 1. The van der Waals surface area contributed by atoms with E-state index in [-0.39, 0.29) is 16.9 Å². The van der Waals surface area contributed by atoms with E-state index in [1.165, 1.54) is 0 Å². The van der Waals surface area contributed by atoms with E-state index in [1.54, 1.807) is 31.2 Å². The second-order valence-electron chi connectivity index (χ2n) is 3.91. The largest absolute Gasteiger partial charge is 0.389 e. The van der Waals surface area contributed by atoms with Crippen molar-refractivity contribution in [3.05, 3.63) is 41.2 Å². The predicted molar refractivity (Wildman–Crippen MR) is 72.4 cm³/mol. The Bertz CT molecular complexity index is 597. The summed E-state index contributed by atoms with van der Waals surface area (Å²) in [7, 11) is 0. The summed E-state index contributed by atoms with van der Waals surface area (Å²) in [4.78, 5) is 12.3. The van der Waals surface area contributed by atoms with Crippen LogP contribution < -0.4 is 11.1 Å². The lowest BCUT2D eigenvalue weighted by Gasteiger charge is -2.10. The van der Waals surface area contributed by atoms with Gasteiger partial charge < -0.3 is 11.1 Å². The summed E-state index contributed by atoms with van der Waals surface area (Å²) in [6, 6.07) is 6.45. The number of amides is 1. The van der Waals surface area contributed by atoms with Crippen molar-refractivity contribution in [1.29, 1.82) is 0 Å². The molecule has 2 aromatic rings. The van der Waals surface area contributed by atoms with Gasteiger partial charge in [0.15, 0.2) is 5.82 Å². The maximum absolute atomic E-state index is 12.0. The van der Waals surface area contributed by atoms with Gasteiger partial charge >= 0.3 is 0 Å². The Morgan fingerprint density at radius 3 is 2.84 bits per heavy atom. The lowest BCUT2D eigenvalue weighted by atomic mass is 10.1. The minimum Gasteiger partial charge on any atom is -0.389 e. The van der Waals surface area contributed by atoms with Gasteiger partial charge in [0.25, 0.3) is 5.91 Å². The highest BCUT2D eigenvalue weighted by Gasteiger charge is 2.15. The number of nitrogens with two attached hydrogens (primary N) is 1. The number of rotatable bonds is 4. The average molecular weight is 276 g/mol. The topological polar surface area (TPSA) is 110 Å². The van der Waals surface area contributed by atoms with E-state index in [2.05, 4.69) is 25.9 Å². The van der Waals surface area contributed by atoms with Crippen molar-refractivity contribution < 1.29 is 4.79 Å². The molecule has 2 rings (SSSR count). The minimum absolute atomic E-state index is 0.251. The van der Waals surface area contributed by atoms with Crippen molar-refractivity contribution in [1.82, 2.24) is 25.9 Å². The van der Waals surface area contributed by atoms with Crippen molar-refractivity contribution in [3.63, 3.8) is 0 Å². The molecule has 4 N–H and O–H groups in total.